The number of hydrogen-bond acceptors (Lipinski definition) is 3. The molecule has 0 fully saturated rings. The highest BCUT2D eigenvalue weighted by Crippen LogP contribution is 2.24. The molecule has 0 saturated heterocycles. The molecule has 1 aromatic carbocycles. The summed E-state index contributed by atoms with van der Waals surface area (Å²) in [5.41, 5.74) is 1.69. The number of anilines is 1. The van der Waals surface area contributed by atoms with Crippen molar-refractivity contribution in [2.75, 3.05) is 19.0 Å². The van der Waals surface area contributed by atoms with Gasteiger partial charge in [-0.05, 0) is 43.9 Å². The molecule has 0 aliphatic rings. The number of carbonyl (C=O) groups is 1. The van der Waals surface area contributed by atoms with Gasteiger partial charge in [-0.25, -0.2) is 4.79 Å². The number of hydrogen-bond donors (Lipinski definition) is 3. The fourth-order valence-corrected chi connectivity index (χ4v) is 2.02. The summed E-state index contributed by atoms with van der Waals surface area (Å²) in [5.74, 6) is 0.850. The quantitative estimate of drug-likeness (QED) is 0.750. The van der Waals surface area contributed by atoms with Crippen LogP contribution in [0.3, 0.4) is 0 Å². The second kappa shape index (κ2) is 7.75. The summed E-state index contributed by atoms with van der Waals surface area (Å²) >= 11 is 0. The highest BCUT2D eigenvalue weighted by atomic mass is 16.5. The van der Waals surface area contributed by atoms with Gasteiger partial charge >= 0.3 is 6.03 Å². The van der Waals surface area contributed by atoms with Gasteiger partial charge in [0, 0.05) is 6.54 Å². The molecule has 0 aliphatic heterocycles. The Morgan fingerprint density at radius 3 is 2.70 bits per heavy atom. The lowest BCUT2D eigenvalue weighted by atomic mass is 10.1. The number of amides is 2. The van der Waals surface area contributed by atoms with Gasteiger partial charge in [0.1, 0.15) is 5.75 Å². The molecule has 5 heteroatoms. The molecule has 112 valence electrons. The lowest BCUT2D eigenvalue weighted by Crippen LogP contribution is -2.33. The molecule has 0 aliphatic carbocycles. The maximum absolute atomic E-state index is 11.8. The molecule has 20 heavy (non-hydrogen) atoms. The number of urea groups is 1. The molecule has 0 saturated carbocycles. The predicted molar refractivity (Wildman–Crippen MR) is 80.2 cm³/mol. The van der Waals surface area contributed by atoms with Gasteiger partial charge in [0.15, 0.2) is 0 Å². The van der Waals surface area contributed by atoms with Crippen LogP contribution >= 0.6 is 0 Å². The van der Waals surface area contributed by atoms with Crippen LogP contribution in [0.25, 0.3) is 0 Å². The summed E-state index contributed by atoms with van der Waals surface area (Å²) in [6.45, 7) is 6.20. The SMILES string of the molecule is COc1ccc(C)cc1NC(=O)NCC(C)CC(C)O. The van der Waals surface area contributed by atoms with Crippen molar-refractivity contribution in [1.29, 1.82) is 0 Å². The molecule has 2 atom stereocenters. The monoisotopic (exact) mass is 280 g/mol. The first kappa shape index (κ1) is 16.3. The van der Waals surface area contributed by atoms with Crippen molar-refractivity contribution in [3.63, 3.8) is 0 Å². The van der Waals surface area contributed by atoms with Gasteiger partial charge < -0.3 is 20.5 Å². The zero-order valence-corrected chi connectivity index (χ0v) is 12.6. The van der Waals surface area contributed by atoms with Crippen LogP contribution < -0.4 is 15.4 Å². The number of benzene rings is 1. The summed E-state index contributed by atoms with van der Waals surface area (Å²) in [5, 5.41) is 14.8. The van der Waals surface area contributed by atoms with E-state index in [-0.39, 0.29) is 18.1 Å². The van der Waals surface area contributed by atoms with Crippen LogP contribution in [-0.2, 0) is 0 Å². The molecule has 0 heterocycles. The second-order valence-corrected chi connectivity index (χ2v) is 5.23. The molecule has 2 amide bonds. The van der Waals surface area contributed by atoms with Gasteiger partial charge in [-0.1, -0.05) is 13.0 Å². The Balaban J connectivity index is 2.52. The minimum absolute atomic E-state index is 0.222. The van der Waals surface area contributed by atoms with Gasteiger partial charge in [0.2, 0.25) is 0 Å². The maximum atomic E-state index is 11.8. The molecular formula is C15H24N2O3. The number of aliphatic hydroxyl groups is 1. The molecule has 0 bridgehead atoms. The lowest BCUT2D eigenvalue weighted by Gasteiger charge is -2.15. The normalized spacial score (nSPS) is 13.4. The number of rotatable bonds is 6. The summed E-state index contributed by atoms with van der Waals surface area (Å²) in [6.07, 6.45) is 0.306. The van der Waals surface area contributed by atoms with Crippen molar-refractivity contribution < 1.29 is 14.6 Å². The molecule has 1 aromatic rings. The Morgan fingerprint density at radius 2 is 2.10 bits per heavy atom. The minimum atomic E-state index is -0.355. The van der Waals surface area contributed by atoms with Crippen LogP contribution in [0, 0.1) is 12.8 Å². The number of aliphatic hydroxyl groups excluding tert-OH is 1. The summed E-state index contributed by atoms with van der Waals surface area (Å²) in [4.78, 5) is 11.8. The van der Waals surface area contributed by atoms with E-state index in [0.29, 0.717) is 24.4 Å². The zero-order valence-electron chi connectivity index (χ0n) is 12.6. The Morgan fingerprint density at radius 1 is 1.40 bits per heavy atom. The van der Waals surface area contributed by atoms with Crippen LogP contribution in [0.4, 0.5) is 10.5 Å². The molecular weight excluding hydrogens is 256 g/mol. The predicted octanol–water partition coefficient (Wildman–Crippen LogP) is 2.53. The Labute approximate surface area is 120 Å². The molecule has 2 unspecified atom stereocenters. The standard InChI is InChI=1S/C15H24N2O3/c1-10-5-6-14(20-4)13(8-10)17-15(19)16-9-11(2)7-12(3)18/h5-6,8,11-12,18H,7,9H2,1-4H3,(H2,16,17,19). The fraction of sp³-hybridized carbons (Fsp3) is 0.533. The van der Waals surface area contributed by atoms with Gasteiger partial charge in [-0.2, -0.15) is 0 Å². The fourth-order valence-electron chi connectivity index (χ4n) is 2.02. The van der Waals surface area contributed by atoms with Gasteiger partial charge in [0.05, 0.1) is 18.9 Å². The average molecular weight is 280 g/mol. The number of carbonyl (C=O) groups excluding carboxylic acids is 1. The van der Waals surface area contributed by atoms with Crippen LogP contribution in [-0.4, -0.2) is 30.9 Å². The van der Waals surface area contributed by atoms with Crippen LogP contribution in [0.5, 0.6) is 5.75 Å². The smallest absolute Gasteiger partial charge is 0.319 e. The van der Waals surface area contributed by atoms with Gasteiger partial charge in [0.25, 0.3) is 0 Å². The minimum Gasteiger partial charge on any atom is -0.495 e. The summed E-state index contributed by atoms with van der Waals surface area (Å²) in [7, 11) is 1.57. The van der Waals surface area contributed by atoms with Crippen molar-refractivity contribution in [3.05, 3.63) is 23.8 Å². The number of ether oxygens (including phenoxy) is 1. The van der Waals surface area contributed by atoms with Crippen molar-refractivity contribution >= 4 is 11.7 Å². The average Bonchev–Trinajstić information content (AvgIpc) is 2.36. The Bertz CT molecular complexity index is 447. The first-order valence-corrected chi connectivity index (χ1v) is 6.80. The van der Waals surface area contributed by atoms with E-state index < -0.39 is 0 Å². The van der Waals surface area contributed by atoms with E-state index in [4.69, 9.17) is 4.74 Å². The maximum Gasteiger partial charge on any atom is 0.319 e. The van der Waals surface area contributed by atoms with Crippen LogP contribution in [0.15, 0.2) is 18.2 Å². The second-order valence-electron chi connectivity index (χ2n) is 5.23. The first-order valence-electron chi connectivity index (χ1n) is 6.80. The number of nitrogens with one attached hydrogen (secondary N) is 2. The summed E-state index contributed by atoms with van der Waals surface area (Å²) < 4.78 is 5.20. The number of aryl methyl sites for hydroxylation is 1. The summed E-state index contributed by atoms with van der Waals surface area (Å²) in [6, 6.07) is 5.33. The van der Waals surface area contributed by atoms with Crippen molar-refractivity contribution in [2.24, 2.45) is 5.92 Å². The highest BCUT2D eigenvalue weighted by molar-refractivity contribution is 5.91. The first-order chi connectivity index (χ1) is 9.42. The molecule has 0 spiro atoms. The van der Waals surface area contributed by atoms with E-state index >= 15 is 0 Å². The lowest BCUT2D eigenvalue weighted by molar-refractivity contribution is 0.163. The van der Waals surface area contributed by atoms with Crippen molar-refractivity contribution in [1.82, 2.24) is 5.32 Å². The van der Waals surface area contributed by atoms with Gasteiger partial charge in [-0.15, -0.1) is 0 Å². The Kier molecular flexibility index (Phi) is 6.31. The third-order valence-corrected chi connectivity index (χ3v) is 2.96. The van der Waals surface area contributed by atoms with E-state index in [9.17, 15) is 9.90 Å². The van der Waals surface area contributed by atoms with Crippen LogP contribution in [0.2, 0.25) is 0 Å². The topological polar surface area (TPSA) is 70.6 Å². The molecule has 5 nitrogen and oxygen atoms in total. The largest absolute Gasteiger partial charge is 0.495 e. The molecule has 0 aromatic heterocycles. The number of methoxy groups -OCH3 is 1. The Hall–Kier alpha value is -1.75. The van der Waals surface area contributed by atoms with E-state index in [2.05, 4.69) is 10.6 Å². The molecule has 0 radical (unpaired) electrons. The third kappa shape index (κ3) is 5.48. The highest BCUT2D eigenvalue weighted by Gasteiger charge is 2.10. The van der Waals surface area contributed by atoms with Crippen molar-refractivity contribution in [3.8, 4) is 5.75 Å². The van der Waals surface area contributed by atoms with E-state index in [0.717, 1.165) is 5.56 Å². The molecule has 1 rings (SSSR count). The van der Waals surface area contributed by atoms with Gasteiger partial charge in [-0.3, -0.25) is 0 Å². The zero-order chi connectivity index (χ0) is 15.1. The third-order valence-electron chi connectivity index (χ3n) is 2.96. The van der Waals surface area contributed by atoms with Crippen molar-refractivity contribution in [2.45, 2.75) is 33.3 Å². The van der Waals surface area contributed by atoms with Crippen LogP contribution in [0.1, 0.15) is 25.8 Å². The molecule has 3 N–H and O–H groups in total. The van der Waals surface area contributed by atoms with E-state index in [1.165, 1.54) is 0 Å². The van der Waals surface area contributed by atoms with E-state index in [1.807, 2.05) is 32.0 Å². The van der Waals surface area contributed by atoms with E-state index in [1.54, 1.807) is 14.0 Å².